The van der Waals surface area contributed by atoms with Crippen molar-refractivity contribution in [2.45, 2.75) is 37.0 Å². The SMILES string of the molecule is O=C(SCCC(F)(F)C(F)(F)CC(F)(F)C(F)F)c1ccccc1. The van der Waals surface area contributed by atoms with E-state index in [1.807, 2.05) is 0 Å². The number of thioether (sulfide) groups is 1. The summed E-state index contributed by atoms with van der Waals surface area (Å²) in [6, 6.07) is 7.36. The summed E-state index contributed by atoms with van der Waals surface area (Å²) in [5.74, 6) is -16.3. The zero-order chi connectivity index (χ0) is 18.6. The minimum atomic E-state index is -5.33. The van der Waals surface area contributed by atoms with E-state index in [2.05, 4.69) is 0 Å². The first-order valence-electron chi connectivity index (χ1n) is 6.53. The molecular formula is C14H12F8OS. The van der Waals surface area contributed by atoms with Crippen LogP contribution in [0.15, 0.2) is 30.3 Å². The molecule has 10 heteroatoms. The average Bonchev–Trinajstić information content (AvgIpc) is 2.46. The molecule has 0 N–H and O–H groups in total. The second-order valence-electron chi connectivity index (χ2n) is 4.90. The van der Waals surface area contributed by atoms with E-state index < -0.39 is 47.9 Å². The van der Waals surface area contributed by atoms with E-state index in [0.717, 1.165) is 0 Å². The van der Waals surface area contributed by atoms with E-state index in [9.17, 15) is 39.9 Å². The summed E-state index contributed by atoms with van der Waals surface area (Å²) in [6.07, 6.45) is -9.06. The van der Waals surface area contributed by atoms with Gasteiger partial charge in [0.15, 0.2) is 0 Å². The van der Waals surface area contributed by atoms with Crippen LogP contribution >= 0.6 is 11.8 Å². The first-order valence-corrected chi connectivity index (χ1v) is 7.51. The van der Waals surface area contributed by atoms with Crippen molar-refractivity contribution in [2.75, 3.05) is 5.75 Å². The lowest BCUT2D eigenvalue weighted by Gasteiger charge is -2.29. The maximum absolute atomic E-state index is 13.4. The Morgan fingerprint density at radius 1 is 0.958 bits per heavy atom. The number of halogens is 8. The fraction of sp³-hybridized carbons (Fsp3) is 0.500. The van der Waals surface area contributed by atoms with Crippen LogP contribution < -0.4 is 0 Å². The Bertz CT molecular complexity index is 547. The molecule has 0 aliphatic rings. The number of carbonyl (C=O) groups excluding carboxylic acids is 1. The number of carbonyl (C=O) groups is 1. The van der Waals surface area contributed by atoms with Gasteiger partial charge in [-0.25, -0.2) is 17.6 Å². The maximum atomic E-state index is 13.4. The molecule has 136 valence electrons. The summed E-state index contributed by atoms with van der Waals surface area (Å²) in [6.45, 7) is 0. The van der Waals surface area contributed by atoms with E-state index in [4.69, 9.17) is 0 Å². The van der Waals surface area contributed by atoms with Crippen LogP contribution in [-0.2, 0) is 0 Å². The quantitative estimate of drug-likeness (QED) is 0.553. The molecule has 0 amide bonds. The van der Waals surface area contributed by atoms with Crippen LogP contribution in [0.4, 0.5) is 35.1 Å². The fourth-order valence-electron chi connectivity index (χ4n) is 1.61. The second-order valence-corrected chi connectivity index (χ2v) is 5.97. The highest BCUT2D eigenvalue weighted by Gasteiger charge is 2.62. The Morgan fingerprint density at radius 3 is 2.00 bits per heavy atom. The lowest BCUT2D eigenvalue weighted by atomic mass is 10.0. The third kappa shape index (κ3) is 5.35. The largest absolute Gasteiger partial charge is 0.316 e. The molecule has 0 unspecified atom stereocenters. The number of hydrogen-bond donors (Lipinski definition) is 0. The van der Waals surface area contributed by atoms with Gasteiger partial charge >= 0.3 is 24.2 Å². The minimum absolute atomic E-state index is 0.154. The third-order valence-electron chi connectivity index (χ3n) is 2.97. The zero-order valence-electron chi connectivity index (χ0n) is 11.9. The fourth-order valence-corrected chi connectivity index (χ4v) is 2.46. The Kier molecular flexibility index (Phi) is 6.66. The van der Waals surface area contributed by atoms with Crippen molar-refractivity contribution in [3.63, 3.8) is 0 Å². The topological polar surface area (TPSA) is 17.1 Å². The van der Waals surface area contributed by atoms with E-state index in [0.29, 0.717) is 11.8 Å². The molecule has 0 aliphatic carbocycles. The Hall–Kier alpha value is -1.32. The Labute approximate surface area is 136 Å². The predicted octanol–water partition coefficient (Wildman–Crippen LogP) is 5.51. The molecule has 24 heavy (non-hydrogen) atoms. The van der Waals surface area contributed by atoms with Gasteiger partial charge in [0.1, 0.15) is 0 Å². The molecule has 0 aromatic heterocycles. The van der Waals surface area contributed by atoms with E-state index in [-0.39, 0.29) is 5.56 Å². The molecule has 1 rings (SSSR count). The highest BCUT2D eigenvalue weighted by atomic mass is 32.2. The monoisotopic (exact) mass is 380 g/mol. The summed E-state index contributed by atoms with van der Waals surface area (Å²) >= 11 is 0.309. The van der Waals surface area contributed by atoms with Gasteiger partial charge in [0.2, 0.25) is 5.12 Å². The number of benzene rings is 1. The van der Waals surface area contributed by atoms with Gasteiger partial charge in [-0.1, -0.05) is 42.1 Å². The van der Waals surface area contributed by atoms with Crippen LogP contribution in [0.2, 0.25) is 0 Å². The van der Waals surface area contributed by atoms with Crippen molar-refractivity contribution in [2.24, 2.45) is 0 Å². The summed E-state index contributed by atoms with van der Waals surface area (Å²) in [7, 11) is 0. The minimum Gasteiger partial charge on any atom is -0.282 e. The Balaban J connectivity index is 2.63. The molecule has 0 bridgehead atoms. The van der Waals surface area contributed by atoms with Gasteiger partial charge in [-0.2, -0.15) is 17.6 Å². The second kappa shape index (κ2) is 7.71. The van der Waals surface area contributed by atoms with Gasteiger partial charge in [0, 0.05) is 17.7 Å². The number of alkyl halides is 8. The normalized spacial score (nSPS) is 13.4. The van der Waals surface area contributed by atoms with E-state index in [1.165, 1.54) is 24.3 Å². The smallest absolute Gasteiger partial charge is 0.282 e. The zero-order valence-corrected chi connectivity index (χ0v) is 12.7. The van der Waals surface area contributed by atoms with Crippen molar-refractivity contribution >= 4 is 16.9 Å². The lowest BCUT2D eigenvalue weighted by Crippen LogP contribution is -2.47. The molecule has 0 saturated carbocycles. The highest BCUT2D eigenvalue weighted by Crippen LogP contribution is 2.45. The van der Waals surface area contributed by atoms with Crippen LogP contribution in [-0.4, -0.2) is 35.1 Å². The highest BCUT2D eigenvalue weighted by molar-refractivity contribution is 8.14. The van der Waals surface area contributed by atoms with Crippen molar-refractivity contribution < 1.29 is 39.9 Å². The van der Waals surface area contributed by atoms with E-state index >= 15 is 0 Å². The molecule has 0 radical (unpaired) electrons. The third-order valence-corrected chi connectivity index (χ3v) is 3.88. The summed E-state index contributed by atoms with van der Waals surface area (Å²) in [4.78, 5) is 11.6. The van der Waals surface area contributed by atoms with E-state index in [1.54, 1.807) is 6.07 Å². The molecular weight excluding hydrogens is 368 g/mol. The van der Waals surface area contributed by atoms with Gasteiger partial charge in [0.05, 0.1) is 6.42 Å². The summed E-state index contributed by atoms with van der Waals surface area (Å²) < 4.78 is 102. The predicted molar refractivity (Wildman–Crippen MR) is 73.3 cm³/mol. The van der Waals surface area contributed by atoms with Crippen LogP contribution in [0.3, 0.4) is 0 Å². The lowest BCUT2D eigenvalue weighted by molar-refractivity contribution is -0.256. The molecule has 0 heterocycles. The molecule has 0 saturated heterocycles. The van der Waals surface area contributed by atoms with Crippen LogP contribution in [0, 0.1) is 0 Å². The van der Waals surface area contributed by atoms with Gasteiger partial charge in [-0.15, -0.1) is 0 Å². The van der Waals surface area contributed by atoms with Crippen molar-refractivity contribution in [3.8, 4) is 0 Å². The van der Waals surface area contributed by atoms with Crippen LogP contribution in [0.5, 0.6) is 0 Å². The average molecular weight is 380 g/mol. The summed E-state index contributed by atoms with van der Waals surface area (Å²) in [5.41, 5.74) is 0.154. The molecule has 1 aromatic rings. The molecule has 1 nitrogen and oxygen atoms in total. The number of rotatable bonds is 8. The summed E-state index contributed by atoms with van der Waals surface area (Å²) in [5, 5.41) is -0.660. The van der Waals surface area contributed by atoms with Crippen LogP contribution in [0.1, 0.15) is 23.2 Å². The molecule has 0 spiro atoms. The van der Waals surface area contributed by atoms with Gasteiger partial charge in [0.25, 0.3) is 0 Å². The molecule has 1 aromatic carbocycles. The van der Waals surface area contributed by atoms with Crippen molar-refractivity contribution in [3.05, 3.63) is 35.9 Å². The maximum Gasteiger partial charge on any atom is 0.316 e. The number of hydrogen-bond acceptors (Lipinski definition) is 2. The Morgan fingerprint density at radius 2 is 1.50 bits per heavy atom. The molecule has 0 fully saturated rings. The standard InChI is InChI=1S/C14H12F8OS/c15-11(16)12(17,18)8-14(21,22)13(19,20)6-7-24-10(23)9-4-2-1-3-5-9/h1-5,11H,6-8H2. The van der Waals surface area contributed by atoms with Crippen molar-refractivity contribution in [1.82, 2.24) is 0 Å². The van der Waals surface area contributed by atoms with Crippen molar-refractivity contribution in [1.29, 1.82) is 0 Å². The van der Waals surface area contributed by atoms with Gasteiger partial charge < -0.3 is 0 Å². The van der Waals surface area contributed by atoms with Crippen LogP contribution in [0.25, 0.3) is 0 Å². The first kappa shape index (κ1) is 20.7. The molecule has 0 aliphatic heterocycles. The first-order chi connectivity index (χ1) is 10.9. The molecule has 0 atom stereocenters. The van der Waals surface area contributed by atoms with Gasteiger partial charge in [-0.3, -0.25) is 4.79 Å². The van der Waals surface area contributed by atoms with Gasteiger partial charge in [-0.05, 0) is 0 Å².